The Morgan fingerprint density at radius 1 is 1.05 bits per heavy atom. The number of benzene rings is 2. The van der Waals surface area contributed by atoms with Crippen molar-refractivity contribution in [2.75, 3.05) is 5.43 Å². The van der Waals surface area contributed by atoms with E-state index in [0.717, 1.165) is 11.3 Å². The maximum absolute atomic E-state index is 12.4. The van der Waals surface area contributed by atoms with Crippen molar-refractivity contribution in [3.63, 3.8) is 0 Å². The third-order valence-corrected chi connectivity index (χ3v) is 2.95. The maximum Gasteiger partial charge on any atom is 0.215 e. The van der Waals surface area contributed by atoms with Crippen LogP contribution in [0.1, 0.15) is 22.8 Å². The predicted octanol–water partition coefficient (Wildman–Crippen LogP) is 3.69. The molecule has 0 atom stereocenters. The van der Waals surface area contributed by atoms with Crippen LogP contribution in [0.25, 0.3) is 0 Å². The summed E-state index contributed by atoms with van der Waals surface area (Å²) in [6, 6.07) is 16.5. The topological polar surface area (TPSA) is 65.3 Å². The molecule has 4 nitrogen and oxygen atoms in total. The largest absolute Gasteiger partial charge is 0.303 e. The molecular weight excluding hydrogens is 262 g/mol. The number of hydrogen-bond donors (Lipinski definition) is 2. The molecule has 2 aromatic carbocycles. The lowest BCUT2D eigenvalue weighted by Crippen LogP contribution is -2.23. The third-order valence-electron chi connectivity index (χ3n) is 2.95. The van der Waals surface area contributed by atoms with E-state index in [4.69, 9.17) is 5.41 Å². The molecule has 2 aromatic rings. The molecule has 0 heterocycles. The molecule has 0 fully saturated rings. The first-order valence-corrected chi connectivity index (χ1v) is 6.63. The first-order chi connectivity index (χ1) is 10.1. The van der Waals surface area contributed by atoms with Gasteiger partial charge in [-0.25, -0.2) is 0 Å². The van der Waals surface area contributed by atoms with Gasteiger partial charge < -0.3 is 5.41 Å². The van der Waals surface area contributed by atoms with Crippen molar-refractivity contribution in [2.24, 2.45) is 5.10 Å². The summed E-state index contributed by atoms with van der Waals surface area (Å²) < 4.78 is 0. The summed E-state index contributed by atoms with van der Waals surface area (Å²) in [5.41, 5.74) is 5.52. The van der Waals surface area contributed by atoms with E-state index in [1.54, 1.807) is 31.2 Å². The van der Waals surface area contributed by atoms with Crippen molar-refractivity contribution in [2.45, 2.75) is 13.8 Å². The van der Waals surface area contributed by atoms with Gasteiger partial charge in [0.15, 0.2) is 5.71 Å². The van der Waals surface area contributed by atoms with E-state index in [0.29, 0.717) is 5.56 Å². The fourth-order valence-corrected chi connectivity index (χ4v) is 1.78. The van der Waals surface area contributed by atoms with E-state index in [1.807, 2.05) is 37.3 Å². The second-order valence-corrected chi connectivity index (χ2v) is 4.76. The number of anilines is 1. The first-order valence-electron chi connectivity index (χ1n) is 6.63. The highest BCUT2D eigenvalue weighted by Crippen LogP contribution is 2.09. The molecule has 0 aliphatic heterocycles. The molecule has 0 unspecified atom stereocenters. The van der Waals surface area contributed by atoms with Gasteiger partial charge in [0.25, 0.3) is 0 Å². The van der Waals surface area contributed by atoms with Crippen LogP contribution in [0.2, 0.25) is 0 Å². The Morgan fingerprint density at radius 3 is 2.24 bits per heavy atom. The Balaban J connectivity index is 2.23. The Labute approximate surface area is 124 Å². The van der Waals surface area contributed by atoms with E-state index in [9.17, 15) is 4.79 Å². The SMILES string of the molecule is CC(=N)/C(=N\Nc1ccc(C)cc1)C(=O)c1ccccc1. The molecule has 21 heavy (non-hydrogen) atoms. The summed E-state index contributed by atoms with van der Waals surface area (Å²) in [6.45, 7) is 3.55. The van der Waals surface area contributed by atoms with Gasteiger partial charge in [-0.2, -0.15) is 5.10 Å². The van der Waals surface area contributed by atoms with Crippen molar-refractivity contribution < 1.29 is 4.79 Å². The van der Waals surface area contributed by atoms with Gasteiger partial charge in [0, 0.05) is 5.56 Å². The van der Waals surface area contributed by atoms with E-state index in [2.05, 4.69) is 10.5 Å². The average molecular weight is 279 g/mol. The zero-order valence-corrected chi connectivity index (χ0v) is 12.1. The fourth-order valence-electron chi connectivity index (χ4n) is 1.78. The van der Waals surface area contributed by atoms with Gasteiger partial charge in [-0.3, -0.25) is 10.2 Å². The molecule has 0 radical (unpaired) electrons. The summed E-state index contributed by atoms with van der Waals surface area (Å²) in [5, 5.41) is 11.8. The van der Waals surface area contributed by atoms with Gasteiger partial charge in [-0.05, 0) is 26.0 Å². The lowest BCUT2D eigenvalue weighted by Gasteiger charge is -2.06. The number of aryl methyl sites for hydroxylation is 1. The van der Waals surface area contributed by atoms with Crippen LogP contribution in [-0.2, 0) is 0 Å². The van der Waals surface area contributed by atoms with E-state index >= 15 is 0 Å². The Bertz CT molecular complexity index is 673. The van der Waals surface area contributed by atoms with Crippen molar-refractivity contribution in [1.29, 1.82) is 5.41 Å². The number of rotatable bonds is 5. The highest BCUT2D eigenvalue weighted by molar-refractivity contribution is 6.69. The molecular formula is C17H17N3O. The van der Waals surface area contributed by atoms with E-state index in [1.165, 1.54) is 0 Å². The van der Waals surface area contributed by atoms with Crippen LogP contribution in [0.15, 0.2) is 59.7 Å². The molecule has 0 aliphatic rings. The van der Waals surface area contributed by atoms with Gasteiger partial charge >= 0.3 is 0 Å². The molecule has 0 saturated heterocycles. The van der Waals surface area contributed by atoms with Crippen molar-refractivity contribution in [1.82, 2.24) is 0 Å². The number of ketones is 1. The van der Waals surface area contributed by atoms with Gasteiger partial charge in [0.2, 0.25) is 5.78 Å². The maximum atomic E-state index is 12.4. The lowest BCUT2D eigenvalue weighted by atomic mass is 10.0. The molecule has 0 amide bonds. The number of carbonyl (C=O) groups excluding carboxylic acids is 1. The molecule has 2 N–H and O–H groups in total. The number of hydrazone groups is 1. The summed E-state index contributed by atoms with van der Waals surface area (Å²) in [6.07, 6.45) is 0. The van der Waals surface area contributed by atoms with E-state index in [-0.39, 0.29) is 17.2 Å². The zero-order valence-electron chi connectivity index (χ0n) is 12.1. The summed E-state index contributed by atoms with van der Waals surface area (Å²) in [4.78, 5) is 12.4. The summed E-state index contributed by atoms with van der Waals surface area (Å²) >= 11 is 0. The first kappa shape index (κ1) is 14.7. The minimum Gasteiger partial charge on any atom is -0.303 e. The van der Waals surface area contributed by atoms with Crippen LogP contribution >= 0.6 is 0 Å². The van der Waals surface area contributed by atoms with Gasteiger partial charge in [0.1, 0.15) is 0 Å². The normalized spacial score (nSPS) is 11.0. The van der Waals surface area contributed by atoms with E-state index < -0.39 is 0 Å². The van der Waals surface area contributed by atoms with Gasteiger partial charge in [-0.1, -0.05) is 48.0 Å². The smallest absolute Gasteiger partial charge is 0.215 e. The van der Waals surface area contributed by atoms with Crippen LogP contribution in [0, 0.1) is 12.3 Å². The molecule has 2 rings (SSSR count). The Hall–Kier alpha value is -2.75. The number of nitrogens with zero attached hydrogens (tertiary/aromatic N) is 1. The standard InChI is InChI=1S/C17H17N3O/c1-12-8-10-15(11-9-12)19-20-16(13(2)18)17(21)14-6-4-3-5-7-14/h3-11,18-19H,1-2H3/b18-13?,20-16+. The Morgan fingerprint density at radius 2 is 1.67 bits per heavy atom. The monoisotopic (exact) mass is 279 g/mol. The quantitative estimate of drug-likeness (QED) is 0.498. The average Bonchev–Trinajstić information content (AvgIpc) is 2.49. The molecule has 0 saturated carbocycles. The highest BCUT2D eigenvalue weighted by Gasteiger charge is 2.16. The number of hydrogen-bond acceptors (Lipinski definition) is 4. The second kappa shape index (κ2) is 6.61. The minimum atomic E-state index is -0.261. The van der Waals surface area contributed by atoms with Crippen LogP contribution in [0.4, 0.5) is 5.69 Å². The van der Waals surface area contributed by atoms with Crippen molar-refractivity contribution in [3.8, 4) is 0 Å². The molecule has 106 valence electrons. The summed E-state index contributed by atoms with van der Waals surface area (Å²) in [5.74, 6) is -0.261. The number of carbonyl (C=O) groups is 1. The van der Waals surface area contributed by atoms with Crippen LogP contribution in [0.3, 0.4) is 0 Å². The predicted molar refractivity (Wildman–Crippen MR) is 86.4 cm³/mol. The van der Waals surface area contributed by atoms with Crippen molar-refractivity contribution in [3.05, 3.63) is 65.7 Å². The number of Topliss-reactive ketones (excluding diaryl/α,β-unsaturated/α-hetero) is 1. The lowest BCUT2D eigenvalue weighted by molar-refractivity contribution is 0.106. The molecule has 0 aliphatic carbocycles. The fraction of sp³-hybridized carbons (Fsp3) is 0.118. The van der Waals surface area contributed by atoms with Crippen molar-refractivity contribution >= 4 is 22.9 Å². The number of nitrogens with one attached hydrogen (secondary N) is 2. The highest BCUT2D eigenvalue weighted by atomic mass is 16.1. The molecule has 0 aromatic heterocycles. The molecule has 0 bridgehead atoms. The van der Waals surface area contributed by atoms with Crippen LogP contribution in [-0.4, -0.2) is 17.2 Å². The minimum absolute atomic E-state index is 0.113. The molecule has 0 spiro atoms. The van der Waals surface area contributed by atoms with Crippen LogP contribution in [0.5, 0.6) is 0 Å². The Kier molecular flexibility index (Phi) is 4.61. The van der Waals surface area contributed by atoms with Gasteiger partial charge in [0.05, 0.1) is 11.4 Å². The van der Waals surface area contributed by atoms with Gasteiger partial charge in [-0.15, -0.1) is 0 Å². The van der Waals surface area contributed by atoms with Crippen LogP contribution < -0.4 is 5.43 Å². The third kappa shape index (κ3) is 3.86. The zero-order chi connectivity index (χ0) is 15.2. The molecule has 4 heteroatoms. The summed E-state index contributed by atoms with van der Waals surface area (Å²) in [7, 11) is 0. The second-order valence-electron chi connectivity index (χ2n) is 4.76.